The molecular formula is C22H24N2O4. The molecule has 6 heteroatoms. The van der Waals surface area contributed by atoms with Gasteiger partial charge < -0.3 is 19.5 Å². The zero-order valence-electron chi connectivity index (χ0n) is 16.3. The SMILES string of the molecule is CCOc1ccc(C(C)NC(=O)/C=C/c2ccc(OCC#N)c(OC)c2)cc1. The zero-order valence-corrected chi connectivity index (χ0v) is 16.3. The molecule has 2 rings (SSSR count). The van der Waals surface area contributed by atoms with Crippen molar-refractivity contribution >= 4 is 12.0 Å². The van der Waals surface area contributed by atoms with E-state index in [1.165, 1.54) is 13.2 Å². The van der Waals surface area contributed by atoms with Crippen molar-refractivity contribution < 1.29 is 19.0 Å². The van der Waals surface area contributed by atoms with Gasteiger partial charge in [-0.25, -0.2) is 0 Å². The maximum atomic E-state index is 12.2. The zero-order chi connectivity index (χ0) is 20.4. The first kappa shape index (κ1) is 20.8. The second-order valence-corrected chi connectivity index (χ2v) is 5.92. The molecule has 0 saturated carbocycles. The highest BCUT2D eigenvalue weighted by atomic mass is 16.5. The summed E-state index contributed by atoms with van der Waals surface area (Å²) >= 11 is 0. The quantitative estimate of drug-likeness (QED) is 0.668. The van der Waals surface area contributed by atoms with Crippen molar-refractivity contribution in [1.82, 2.24) is 5.32 Å². The van der Waals surface area contributed by atoms with Crippen molar-refractivity contribution in [3.8, 4) is 23.3 Å². The summed E-state index contributed by atoms with van der Waals surface area (Å²) in [6, 6.07) is 14.7. The molecule has 1 N–H and O–H groups in total. The molecule has 0 fully saturated rings. The standard InChI is InChI=1S/C22H24N2O4/c1-4-27-19-9-7-18(8-10-19)16(2)24-22(25)12-6-17-5-11-20(28-14-13-23)21(15-17)26-3/h5-12,15-16H,4,14H2,1-3H3,(H,24,25)/b12-6+. The van der Waals surface area contributed by atoms with Crippen LogP contribution in [-0.4, -0.2) is 26.2 Å². The third kappa shape index (κ3) is 6.06. The summed E-state index contributed by atoms with van der Waals surface area (Å²) in [5.74, 6) is 1.58. The number of hydrogen-bond donors (Lipinski definition) is 1. The Morgan fingerprint density at radius 2 is 1.93 bits per heavy atom. The lowest BCUT2D eigenvalue weighted by Crippen LogP contribution is -2.24. The van der Waals surface area contributed by atoms with Crippen molar-refractivity contribution in [3.05, 3.63) is 59.7 Å². The van der Waals surface area contributed by atoms with Crippen LogP contribution in [0, 0.1) is 11.3 Å². The van der Waals surface area contributed by atoms with E-state index in [0.717, 1.165) is 16.9 Å². The van der Waals surface area contributed by atoms with Crippen molar-refractivity contribution in [2.45, 2.75) is 19.9 Å². The minimum absolute atomic E-state index is 0.0581. The van der Waals surface area contributed by atoms with Crippen LogP contribution in [0.2, 0.25) is 0 Å². The molecular weight excluding hydrogens is 356 g/mol. The van der Waals surface area contributed by atoms with Crippen molar-refractivity contribution in [2.24, 2.45) is 0 Å². The van der Waals surface area contributed by atoms with Gasteiger partial charge in [0.2, 0.25) is 5.91 Å². The Labute approximate surface area is 165 Å². The minimum Gasteiger partial charge on any atom is -0.494 e. The average Bonchev–Trinajstić information content (AvgIpc) is 2.71. The summed E-state index contributed by atoms with van der Waals surface area (Å²) in [5, 5.41) is 11.5. The third-order valence-corrected chi connectivity index (χ3v) is 3.96. The first-order chi connectivity index (χ1) is 13.6. The van der Waals surface area contributed by atoms with Crippen LogP contribution in [0.4, 0.5) is 0 Å². The van der Waals surface area contributed by atoms with Gasteiger partial charge in [-0.15, -0.1) is 0 Å². The molecule has 0 spiro atoms. The van der Waals surface area contributed by atoms with Crippen molar-refractivity contribution in [1.29, 1.82) is 5.26 Å². The summed E-state index contributed by atoms with van der Waals surface area (Å²) in [5.41, 5.74) is 1.77. The molecule has 2 aromatic rings. The predicted octanol–water partition coefficient (Wildman–Crippen LogP) is 3.89. The molecule has 0 bridgehead atoms. The Morgan fingerprint density at radius 1 is 1.18 bits per heavy atom. The minimum atomic E-state index is -0.204. The fourth-order valence-corrected chi connectivity index (χ4v) is 2.55. The number of benzene rings is 2. The lowest BCUT2D eigenvalue weighted by Gasteiger charge is -2.13. The van der Waals surface area contributed by atoms with Crippen LogP contribution in [0.15, 0.2) is 48.5 Å². The van der Waals surface area contributed by atoms with Gasteiger partial charge in [-0.3, -0.25) is 4.79 Å². The van der Waals surface area contributed by atoms with Gasteiger partial charge in [0.25, 0.3) is 0 Å². The smallest absolute Gasteiger partial charge is 0.244 e. The fourth-order valence-electron chi connectivity index (χ4n) is 2.55. The number of rotatable bonds is 9. The van der Waals surface area contributed by atoms with Crippen molar-refractivity contribution in [2.75, 3.05) is 20.3 Å². The molecule has 28 heavy (non-hydrogen) atoms. The van der Waals surface area contributed by atoms with Crippen LogP contribution in [0.1, 0.15) is 31.0 Å². The van der Waals surface area contributed by atoms with E-state index < -0.39 is 0 Å². The first-order valence-electron chi connectivity index (χ1n) is 8.96. The Bertz CT molecular complexity index is 854. The number of nitriles is 1. The van der Waals surface area contributed by atoms with Crippen LogP contribution >= 0.6 is 0 Å². The normalized spacial score (nSPS) is 11.5. The Hall–Kier alpha value is -3.46. The Morgan fingerprint density at radius 3 is 2.57 bits per heavy atom. The predicted molar refractivity (Wildman–Crippen MR) is 107 cm³/mol. The summed E-state index contributed by atoms with van der Waals surface area (Å²) < 4.78 is 16.0. The van der Waals surface area contributed by atoms with Crippen LogP contribution in [-0.2, 0) is 4.79 Å². The number of ether oxygens (including phenoxy) is 3. The number of methoxy groups -OCH3 is 1. The van der Waals surface area contributed by atoms with E-state index in [2.05, 4.69) is 5.32 Å². The molecule has 0 aliphatic carbocycles. The van der Waals surface area contributed by atoms with Gasteiger partial charge in [0, 0.05) is 6.08 Å². The largest absolute Gasteiger partial charge is 0.494 e. The highest BCUT2D eigenvalue weighted by Crippen LogP contribution is 2.28. The van der Waals surface area contributed by atoms with Gasteiger partial charge >= 0.3 is 0 Å². The van der Waals surface area contributed by atoms with E-state index in [1.807, 2.05) is 44.2 Å². The van der Waals surface area contributed by atoms with E-state index in [4.69, 9.17) is 19.5 Å². The molecule has 1 atom stereocenters. The second kappa shape index (κ2) is 10.6. The molecule has 0 aliphatic heterocycles. The molecule has 0 aliphatic rings. The van der Waals surface area contributed by atoms with Gasteiger partial charge in [-0.1, -0.05) is 18.2 Å². The molecule has 0 saturated heterocycles. The number of nitrogens with one attached hydrogen (secondary N) is 1. The summed E-state index contributed by atoms with van der Waals surface area (Å²) in [6.45, 7) is 4.42. The molecule has 2 aromatic carbocycles. The van der Waals surface area contributed by atoms with E-state index >= 15 is 0 Å². The van der Waals surface area contributed by atoms with E-state index in [9.17, 15) is 4.79 Å². The molecule has 0 heterocycles. The summed E-state index contributed by atoms with van der Waals surface area (Å²) in [7, 11) is 1.52. The topological polar surface area (TPSA) is 80.6 Å². The summed E-state index contributed by atoms with van der Waals surface area (Å²) in [6.07, 6.45) is 3.16. The van der Waals surface area contributed by atoms with Crippen LogP contribution in [0.3, 0.4) is 0 Å². The number of carbonyl (C=O) groups is 1. The Kier molecular flexibility index (Phi) is 7.92. The van der Waals surface area contributed by atoms with Crippen molar-refractivity contribution in [3.63, 3.8) is 0 Å². The van der Waals surface area contributed by atoms with Gasteiger partial charge in [0.15, 0.2) is 18.1 Å². The molecule has 0 aromatic heterocycles. The van der Waals surface area contributed by atoms with E-state index in [1.54, 1.807) is 24.3 Å². The lowest BCUT2D eigenvalue weighted by molar-refractivity contribution is -0.117. The van der Waals surface area contributed by atoms with E-state index in [0.29, 0.717) is 18.1 Å². The monoisotopic (exact) mass is 380 g/mol. The number of nitrogens with zero attached hydrogens (tertiary/aromatic N) is 1. The Balaban J connectivity index is 1.98. The highest BCUT2D eigenvalue weighted by molar-refractivity contribution is 5.92. The van der Waals surface area contributed by atoms with Gasteiger partial charge in [-0.05, 0) is 55.3 Å². The maximum absolute atomic E-state index is 12.2. The molecule has 6 nitrogen and oxygen atoms in total. The van der Waals surface area contributed by atoms with Gasteiger partial charge in [0.05, 0.1) is 19.8 Å². The number of hydrogen-bond acceptors (Lipinski definition) is 5. The van der Waals surface area contributed by atoms with Crippen LogP contribution in [0.25, 0.3) is 6.08 Å². The third-order valence-electron chi connectivity index (χ3n) is 3.96. The highest BCUT2D eigenvalue weighted by Gasteiger charge is 2.08. The van der Waals surface area contributed by atoms with Gasteiger partial charge in [-0.2, -0.15) is 5.26 Å². The van der Waals surface area contributed by atoms with Gasteiger partial charge in [0.1, 0.15) is 11.8 Å². The van der Waals surface area contributed by atoms with Crippen LogP contribution in [0.5, 0.6) is 17.2 Å². The second-order valence-electron chi connectivity index (χ2n) is 5.92. The lowest BCUT2D eigenvalue weighted by atomic mass is 10.1. The molecule has 1 amide bonds. The van der Waals surface area contributed by atoms with Crippen LogP contribution < -0.4 is 19.5 Å². The number of amides is 1. The fraction of sp³-hybridized carbons (Fsp3) is 0.273. The van der Waals surface area contributed by atoms with E-state index in [-0.39, 0.29) is 18.6 Å². The first-order valence-corrected chi connectivity index (χ1v) is 8.96. The summed E-state index contributed by atoms with van der Waals surface area (Å²) in [4.78, 5) is 12.2. The average molecular weight is 380 g/mol. The molecule has 0 radical (unpaired) electrons. The number of carbonyl (C=O) groups excluding carboxylic acids is 1. The maximum Gasteiger partial charge on any atom is 0.244 e. The molecule has 1 unspecified atom stereocenters. The molecule has 146 valence electrons.